The number of rotatable bonds is 7. The van der Waals surface area contributed by atoms with Crippen LogP contribution < -0.4 is 14.4 Å². The number of thiazole rings is 1. The fraction of sp³-hybridized carbons (Fsp3) is 0.231. The number of aryl methyl sites for hydroxylation is 1. The van der Waals surface area contributed by atoms with Gasteiger partial charge < -0.3 is 19.3 Å². The molecule has 1 saturated heterocycles. The van der Waals surface area contributed by atoms with Crippen molar-refractivity contribution >= 4 is 51.5 Å². The standard InChI is InChI=1S/C26H23ClN2O7S/c1-5-36-17-11-8-15(12-18(17)34-3)20-19(21(30)14-6-9-16(27)10-7-14)22(31)24(32)29(20)26-28-13(2)23(37-26)25(33)35-4/h6-12,20,30H,5H2,1-4H3/t20-/m0/s1. The lowest BCUT2D eigenvalue weighted by Crippen LogP contribution is -2.29. The minimum Gasteiger partial charge on any atom is -0.507 e. The largest absolute Gasteiger partial charge is 0.507 e. The van der Waals surface area contributed by atoms with E-state index in [-0.39, 0.29) is 21.3 Å². The molecule has 1 atom stereocenters. The number of benzene rings is 2. The minimum atomic E-state index is -1.07. The van der Waals surface area contributed by atoms with Gasteiger partial charge in [0.05, 0.1) is 38.1 Å². The van der Waals surface area contributed by atoms with Crippen LogP contribution in [0.5, 0.6) is 11.5 Å². The molecular weight excluding hydrogens is 520 g/mol. The lowest BCUT2D eigenvalue weighted by atomic mass is 9.95. The van der Waals surface area contributed by atoms with E-state index in [1.807, 2.05) is 6.92 Å². The van der Waals surface area contributed by atoms with Crippen LogP contribution in [-0.4, -0.2) is 48.6 Å². The van der Waals surface area contributed by atoms with Gasteiger partial charge in [-0.15, -0.1) is 0 Å². The van der Waals surface area contributed by atoms with E-state index in [2.05, 4.69) is 4.98 Å². The van der Waals surface area contributed by atoms with Gasteiger partial charge in [-0.05, 0) is 55.8 Å². The van der Waals surface area contributed by atoms with E-state index in [9.17, 15) is 19.5 Å². The van der Waals surface area contributed by atoms with Gasteiger partial charge in [-0.1, -0.05) is 29.0 Å². The monoisotopic (exact) mass is 542 g/mol. The molecule has 1 aliphatic rings. The van der Waals surface area contributed by atoms with Gasteiger partial charge in [-0.2, -0.15) is 0 Å². The Morgan fingerprint density at radius 1 is 1.14 bits per heavy atom. The molecule has 0 saturated carbocycles. The Morgan fingerprint density at radius 2 is 1.84 bits per heavy atom. The van der Waals surface area contributed by atoms with Crippen LogP contribution in [0.2, 0.25) is 5.02 Å². The van der Waals surface area contributed by atoms with Crippen LogP contribution in [0.25, 0.3) is 5.76 Å². The van der Waals surface area contributed by atoms with E-state index >= 15 is 0 Å². The molecule has 0 aliphatic carbocycles. The summed E-state index contributed by atoms with van der Waals surface area (Å²) < 4.78 is 15.9. The first-order chi connectivity index (χ1) is 17.7. The lowest BCUT2D eigenvalue weighted by Gasteiger charge is -2.24. The molecule has 0 bridgehead atoms. The van der Waals surface area contributed by atoms with Crippen LogP contribution in [0.4, 0.5) is 5.13 Å². The quantitative estimate of drug-likeness (QED) is 0.193. The summed E-state index contributed by atoms with van der Waals surface area (Å²) in [6, 6.07) is 10.1. The number of aliphatic hydroxyl groups excluding tert-OH is 1. The van der Waals surface area contributed by atoms with Gasteiger partial charge in [-0.25, -0.2) is 9.78 Å². The van der Waals surface area contributed by atoms with Crippen molar-refractivity contribution in [1.82, 2.24) is 4.98 Å². The number of halogens is 1. The molecule has 1 N–H and O–H groups in total. The first kappa shape index (κ1) is 26.2. The van der Waals surface area contributed by atoms with Crippen molar-refractivity contribution in [2.75, 3.05) is 25.7 Å². The Balaban J connectivity index is 1.95. The van der Waals surface area contributed by atoms with Crippen molar-refractivity contribution in [2.45, 2.75) is 19.9 Å². The number of carbonyl (C=O) groups is 3. The number of ether oxygens (including phenoxy) is 3. The van der Waals surface area contributed by atoms with Crippen LogP contribution in [0, 0.1) is 6.92 Å². The number of hydrogen-bond donors (Lipinski definition) is 1. The third kappa shape index (κ3) is 4.77. The zero-order valence-electron chi connectivity index (χ0n) is 20.4. The summed E-state index contributed by atoms with van der Waals surface area (Å²) in [5.74, 6) is -1.95. The first-order valence-electron chi connectivity index (χ1n) is 11.1. The molecule has 2 heterocycles. The van der Waals surface area contributed by atoms with Crippen molar-refractivity contribution in [1.29, 1.82) is 0 Å². The van der Waals surface area contributed by atoms with Gasteiger partial charge in [0.1, 0.15) is 10.6 Å². The molecule has 11 heteroatoms. The number of aliphatic hydroxyl groups is 1. The molecule has 1 fully saturated rings. The molecule has 1 aliphatic heterocycles. The SMILES string of the molecule is CCOc1ccc([C@H]2C(=C(O)c3ccc(Cl)cc3)C(=O)C(=O)N2c2nc(C)c(C(=O)OC)s2)cc1OC. The minimum absolute atomic E-state index is 0.105. The van der Waals surface area contributed by atoms with E-state index < -0.39 is 23.7 Å². The number of carbonyl (C=O) groups excluding carboxylic acids is 3. The lowest BCUT2D eigenvalue weighted by molar-refractivity contribution is -0.132. The molecule has 3 aromatic rings. The zero-order valence-corrected chi connectivity index (χ0v) is 22.0. The predicted molar refractivity (Wildman–Crippen MR) is 139 cm³/mol. The van der Waals surface area contributed by atoms with Gasteiger partial charge in [0, 0.05) is 10.6 Å². The third-order valence-electron chi connectivity index (χ3n) is 5.73. The second-order valence-corrected chi connectivity index (χ2v) is 9.34. The van der Waals surface area contributed by atoms with Gasteiger partial charge in [0.25, 0.3) is 5.78 Å². The molecular formula is C26H23ClN2O7S. The van der Waals surface area contributed by atoms with Crippen LogP contribution >= 0.6 is 22.9 Å². The Morgan fingerprint density at radius 3 is 2.46 bits per heavy atom. The summed E-state index contributed by atoms with van der Waals surface area (Å²) >= 11 is 6.90. The Hall–Kier alpha value is -3.89. The zero-order chi connectivity index (χ0) is 26.9. The number of nitrogens with zero attached hydrogens (tertiary/aromatic N) is 2. The summed E-state index contributed by atoms with van der Waals surface area (Å²) in [7, 11) is 2.71. The molecule has 0 spiro atoms. The summed E-state index contributed by atoms with van der Waals surface area (Å²) in [6.07, 6.45) is 0. The third-order valence-corrected chi connectivity index (χ3v) is 7.12. The fourth-order valence-corrected chi connectivity index (χ4v) is 5.14. The highest BCUT2D eigenvalue weighted by Gasteiger charge is 2.48. The summed E-state index contributed by atoms with van der Waals surface area (Å²) in [4.78, 5) is 44.7. The second kappa shape index (κ2) is 10.6. The van der Waals surface area contributed by atoms with Crippen molar-refractivity contribution in [3.05, 3.63) is 74.8 Å². The Bertz CT molecular complexity index is 1410. The van der Waals surface area contributed by atoms with Crippen LogP contribution in [-0.2, 0) is 14.3 Å². The van der Waals surface area contributed by atoms with E-state index in [1.54, 1.807) is 49.4 Å². The number of anilines is 1. The molecule has 2 aromatic carbocycles. The molecule has 0 unspecified atom stereocenters. The summed E-state index contributed by atoms with van der Waals surface area (Å²) in [5.41, 5.74) is 0.957. The average Bonchev–Trinajstić information content (AvgIpc) is 3.40. The number of Topliss-reactive ketones (excluding diaryl/α,β-unsaturated/α-hetero) is 1. The normalized spacial score (nSPS) is 16.7. The number of aromatic nitrogens is 1. The van der Waals surface area contributed by atoms with Crippen molar-refractivity contribution in [2.24, 2.45) is 0 Å². The molecule has 9 nitrogen and oxygen atoms in total. The van der Waals surface area contributed by atoms with Crippen LogP contribution in [0.15, 0.2) is 48.0 Å². The van der Waals surface area contributed by atoms with Gasteiger partial charge in [0.2, 0.25) is 0 Å². The Kier molecular flexibility index (Phi) is 7.51. The maximum atomic E-state index is 13.4. The summed E-state index contributed by atoms with van der Waals surface area (Å²) in [5, 5.41) is 11.8. The van der Waals surface area contributed by atoms with E-state index in [4.69, 9.17) is 25.8 Å². The van der Waals surface area contributed by atoms with Crippen LogP contribution in [0.1, 0.15) is 39.5 Å². The first-order valence-corrected chi connectivity index (χ1v) is 12.3. The highest BCUT2D eigenvalue weighted by Crippen LogP contribution is 2.45. The molecule has 192 valence electrons. The highest BCUT2D eigenvalue weighted by atomic mass is 35.5. The number of hydrogen-bond acceptors (Lipinski definition) is 9. The van der Waals surface area contributed by atoms with E-state index in [0.29, 0.717) is 39.9 Å². The second-order valence-electron chi connectivity index (χ2n) is 7.92. The molecule has 1 aromatic heterocycles. The van der Waals surface area contributed by atoms with Crippen molar-refractivity contribution in [3.63, 3.8) is 0 Å². The average molecular weight is 543 g/mol. The number of amides is 1. The predicted octanol–water partition coefficient (Wildman–Crippen LogP) is 4.93. The fourth-order valence-electron chi connectivity index (χ4n) is 4.00. The maximum Gasteiger partial charge on any atom is 0.350 e. The van der Waals surface area contributed by atoms with Gasteiger partial charge in [-0.3, -0.25) is 14.5 Å². The molecule has 37 heavy (non-hydrogen) atoms. The molecule has 4 rings (SSSR count). The van der Waals surface area contributed by atoms with Gasteiger partial charge >= 0.3 is 11.9 Å². The highest BCUT2D eigenvalue weighted by molar-refractivity contribution is 7.17. The maximum absolute atomic E-state index is 13.4. The van der Waals surface area contributed by atoms with Crippen molar-refractivity contribution in [3.8, 4) is 11.5 Å². The summed E-state index contributed by atoms with van der Waals surface area (Å²) in [6.45, 7) is 3.84. The van der Waals surface area contributed by atoms with E-state index in [1.165, 1.54) is 19.1 Å². The molecule has 1 amide bonds. The van der Waals surface area contributed by atoms with Crippen LogP contribution in [0.3, 0.4) is 0 Å². The number of esters is 1. The van der Waals surface area contributed by atoms with Crippen molar-refractivity contribution < 1.29 is 33.7 Å². The van der Waals surface area contributed by atoms with Gasteiger partial charge in [0.15, 0.2) is 16.6 Å². The van der Waals surface area contributed by atoms with E-state index in [0.717, 1.165) is 11.3 Å². The molecule has 0 radical (unpaired) electrons. The smallest absolute Gasteiger partial charge is 0.350 e. The number of ketones is 1. The Labute approximate surface area is 221 Å². The number of methoxy groups -OCH3 is 2. The topological polar surface area (TPSA) is 115 Å².